The molecule has 2 aromatic heterocycles. The van der Waals surface area contributed by atoms with Crippen molar-refractivity contribution in [2.45, 2.75) is 13.3 Å². The molecule has 0 fully saturated rings. The van der Waals surface area contributed by atoms with Crippen molar-refractivity contribution in [2.24, 2.45) is 0 Å². The Hall–Kier alpha value is -1.27. The van der Waals surface area contributed by atoms with Gasteiger partial charge < -0.3 is 10.7 Å². The zero-order valence-corrected chi connectivity index (χ0v) is 9.78. The first kappa shape index (κ1) is 10.3. The van der Waals surface area contributed by atoms with Crippen LogP contribution in [0.15, 0.2) is 11.4 Å². The number of nitrogens with two attached hydrogens (primary N) is 1. The van der Waals surface area contributed by atoms with Crippen molar-refractivity contribution in [1.29, 1.82) is 0 Å². The van der Waals surface area contributed by atoms with Crippen LogP contribution in [0.4, 0.5) is 5.95 Å². The van der Waals surface area contributed by atoms with Crippen LogP contribution in [0.3, 0.4) is 0 Å². The molecular weight excluding hydrogens is 228 g/mol. The minimum atomic E-state index is 0.275. The van der Waals surface area contributed by atoms with Gasteiger partial charge in [0.2, 0.25) is 10.7 Å². The van der Waals surface area contributed by atoms with E-state index in [9.17, 15) is 0 Å². The summed E-state index contributed by atoms with van der Waals surface area (Å²) >= 11 is 6.54. The Morgan fingerprint density at radius 1 is 1.53 bits per heavy atom. The fourth-order valence-corrected chi connectivity index (χ4v) is 2.46. The van der Waals surface area contributed by atoms with Gasteiger partial charge in [0.25, 0.3) is 0 Å². The lowest BCUT2D eigenvalue weighted by Gasteiger charge is -2.01. The van der Waals surface area contributed by atoms with Crippen LogP contribution in [-0.4, -0.2) is 15.0 Å². The van der Waals surface area contributed by atoms with Gasteiger partial charge in [0.05, 0.1) is 4.88 Å². The standard InChI is InChI=1S/C9H10N4S2/c1-2-5-3-4-15-6(5)7-11-8(10)13-9(14)12-7/h3-4H,2H2,1H3,(H3,10,11,12,13,14). The van der Waals surface area contributed by atoms with Crippen LogP contribution in [-0.2, 0) is 6.42 Å². The molecule has 0 bridgehead atoms. The maximum atomic E-state index is 5.59. The number of thiophene rings is 1. The van der Waals surface area contributed by atoms with Gasteiger partial charge in [-0.25, -0.2) is 0 Å². The average molecular weight is 238 g/mol. The second-order valence-corrected chi connectivity index (χ2v) is 4.27. The number of aromatic amines is 1. The Morgan fingerprint density at radius 2 is 2.33 bits per heavy atom. The van der Waals surface area contributed by atoms with Gasteiger partial charge in [-0.05, 0) is 35.6 Å². The first-order valence-corrected chi connectivity index (χ1v) is 5.80. The molecule has 2 rings (SSSR count). The lowest BCUT2D eigenvalue weighted by atomic mass is 10.2. The van der Waals surface area contributed by atoms with Crippen LogP contribution in [0.5, 0.6) is 0 Å². The quantitative estimate of drug-likeness (QED) is 0.788. The number of anilines is 1. The molecular formula is C9H10N4S2. The van der Waals surface area contributed by atoms with Gasteiger partial charge >= 0.3 is 0 Å². The van der Waals surface area contributed by atoms with Crippen LogP contribution >= 0.6 is 23.6 Å². The second kappa shape index (κ2) is 4.08. The van der Waals surface area contributed by atoms with Crippen LogP contribution in [0.2, 0.25) is 0 Å². The lowest BCUT2D eigenvalue weighted by Crippen LogP contribution is -1.99. The van der Waals surface area contributed by atoms with Gasteiger partial charge in [-0.3, -0.25) is 0 Å². The molecule has 15 heavy (non-hydrogen) atoms. The van der Waals surface area contributed by atoms with Gasteiger partial charge in [-0.15, -0.1) is 11.3 Å². The van der Waals surface area contributed by atoms with E-state index in [-0.39, 0.29) is 4.77 Å². The molecule has 3 N–H and O–H groups in total. The van der Waals surface area contributed by atoms with Crippen LogP contribution < -0.4 is 5.73 Å². The summed E-state index contributed by atoms with van der Waals surface area (Å²) in [7, 11) is 0. The fourth-order valence-electron chi connectivity index (χ4n) is 1.33. The van der Waals surface area contributed by atoms with E-state index in [1.54, 1.807) is 11.3 Å². The van der Waals surface area contributed by atoms with Crippen molar-refractivity contribution >= 4 is 29.5 Å². The van der Waals surface area contributed by atoms with Gasteiger partial charge in [0.15, 0.2) is 5.82 Å². The van der Waals surface area contributed by atoms with E-state index in [1.807, 2.05) is 5.38 Å². The summed E-state index contributed by atoms with van der Waals surface area (Å²) in [6.45, 7) is 2.10. The highest BCUT2D eigenvalue weighted by molar-refractivity contribution is 7.71. The summed E-state index contributed by atoms with van der Waals surface area (Å²) in [6.07, 6.45) is 0.962. The fraction of sp³-hybridized carbons (Fsp3) is 0.222. The van der Waals surface area contributed by atoms with Crippen molar-refractivity contribution < 1.29 is 0 Å². The highest BCUT2D eigenvalue weighted by Gasteiger charge is 2.08. The molecule has 2 aromatic rings. The van der Waals surface area contributed by atoms with E-state index in [0.29, 0.717) is 11.8 Å². The Kier molecular flexibility index (Phi) is 2.79. The lowest BCUT2D eigenvalue weighted by molar-refractivity contribution is 1.04. The van der Waals surface area contributed by atoms with Crippen molar-refractivity contribution in [3.8, 4) is 10.7 Å². The third-order valence-electron chi connectivity index (χ3n) is 2.01. The van der Waals surface area contributed by atoms with Crippen LogP contribution in [0.25, 0.3) is 10.7 Å². The summed E-state index contributed by atoms with van der Waals surface area (Å²) in [6, 6.07) is 2.08. The number of nitrogens with one attached hydrogen (secondary N) is 1. The number of aryl methyl sites for hydroxylation is 1. The summed E-state index contributed by atoms with van der Waals surface area (Å²) in [5, 5.41) is 2.03. The Bertz CT molecular complexity index is 529. The molecule has 78 valence electrons. The highest BCUT2D eigenvalue weighted by Crippen LogP contribution is 2.26. The maximum absolute atomic E-state index is 5.59. The SMILES string of the molecule is CCc1ccsc1-c1nc(=S)nc(N)[nH]1. The zero-order valence-electron chi connectivity index (χ0n) is 8.15. The summed E-state index contributed by atoms with van der Waals surface area (Å²) < 4.78 is 0.275. The van der Waals surface area contributed by atoms with E-state index < -0.39 is 0 Å². The van der Waals surface area contributed by atoms with Crippen LogP contribution in [0.1, 0.15) is 12.5 Å². The monoisotopic (exact) mass is 238 g/mol. The highest BCUT2D eigenvalue weighted by atomic mass is 32.1. The Morgan fingerprint density at radius 3 is 3.00 bits per heavy atom. The average Bonchev–Trinajstić information content (AvgIpc) is 2.63. The van der Waals surface area contributed by atoms with Gasteiger partial charge in [0, 0.05) is 0 Å². The van der Waals surface area contributed by atoms with Gasteiger partial charge in [-0.2, -0.15) is 9.97 Å². The van der Waals surface area contributed by atoms with E-state index in [1.165, 1.54) is 5.56 Å². The predicted molar refractivity (Wildman–Crippen MR) is 64.3 cm³/mol. The first-order valence-electron chi connectivity index (χ1n) is 4.51. The molecule has 0 atom stereocenters. The number of H-pyrrole nitrogens is 1. The number of nitrogen functional groups attached to an aromatic ring is 1. The molecule has 0 aliphatic rings. The van der Waals surface area contributed by atoms with E-state index in [4.69, 9.17) is 18.0 Å². The Labute approximate surface area is 96.2 Å². The number of hydrogen-bond acceptors (Lipinski definition) is 5. The molecule has 0 aromatic carbocycles. The van der Waals surface area contributed by atoms with E-state index in [0.717, 1.165) is 11.3 Å². The number of nitrogens with zero attached hydrogens (tertiary/aromatic N) is 2. The molecule has 2 heterocycles. The zero-order chi connectivity index (χ0) is 10.8. The topological polar surface area (TPSA) is 67.6 Å². The van der Waals surface area contributed by atoms with Crippen molar-refractivity contribution in [1.82, 2.24) is 15.0 Å². The molecule has 0 unspecified atom stereocenters. The second-order valence-electron chi connectivity index (χ2n) is 2.99. The van der Waals surface area contributed by atoms with Crippen molar-refractivity contribution in [3.63, 3.8) is 0 Å². The minimum Gasteiger partial charge on any atom is -0.369 e. The third kappa shape index (κ3) is 2.05. The molecule has 0 aliphatic carbocycles. The van der Waals surface area contributed by atoms with E-state index >= 15 is 0 Å². The number of aromatic nitrogens is 3. The molecule has 6 heteroatoms. The van der Waals surface area contributed by atoms with Gasteiger partial charge in [-0.1, -0.05) is 6.92 Å². The molecule has 4 nitrogen and oxygen atoms in total. The maximum Gasteiger partial charge on any atom is 0.224 e. The minimum absolute atomic E-state index is 0.275. The molecule has 0 spiro atoms. The molecule has 0 amide bonds. The first-order chi connectivity index (χ1) is 7.20. The van der Waals surface area contributed by atoms with Gasteiger partial charge in [0.1, 0.15) is 0 Å². The third-order valence-corrected chi connectivity index (χ3v) is 3.16. The normalized spacial score (nSPS) is 10.5. The molecule has 0 aliphatic heterocycles. The van der Waals surface area contributed by atoms with Crippen molar-refractivity contribution in [2.75, 3.05) is 5.73 Å². The summed E-state index contributed by atoms with van der Waals surface area (Å²) in [5.41, 5.74) is 6.83. The Balaban J connectivity index is 2.58. The smallest absolute Gasteiger partial charge is 0.224 e. The number of hydrogen-bond donors (Lipinski definition) is 2. The molecule has 0 saturated heterocycles. The van der Waals surface area contributed by atoms with E-state index in [2.05, 4.69) is 27.9 Å². The molecule has 0 radical (unpaired) electrons. The predicted octanol–water partition coefficient (Wildman–Crippen LogP) is 2.41. The summed E-state index contributed by atoms with van der Waals surface area (Å²) in [5.74, 6) is 1.01. The largest absolute Gasteiger partial charge is 0.369 e. The van der Waals surface area contributed by atoms with Crippen molar-refractivity contribution in [3.05, 3.63) is 21.8 Å². The summed E-state index contributed by atoms with van der Waals surface area (Å²) in [4.78, 5) is 12.0. The number of rotatable bonds is 2. The van der Waals surface area contributed by atoms with Crippen LogP contribution in [0, 0.1) is 4.77 Å². The molecule has 0 saturated carbocycles.